The maximum atomic E-state index is 13.0. The molecule has 0 aliphatic carbocycles. The Balaban J connectivity index is 1.69. The first kappa shape index (κ1) is 21.4. The number of hydrogen-bond donors (Lipinski definition) is 1. The number of nitrogens with zero attached hydrogens (tertiary/aromatic N) is 5. The lowest BCUT2D eigenvalue weighted by molar-refractivity contribution is -0.144. The van der Waals surface area contributed by atoms with Gasteiger partial charge in [0, 0.05) is 38.3 Å². The minimum Gasteiger partial charge on any atom is -0.469 e. The standard InChI is InChI=1S/C20H26N6O4/c1-24-11-13-25(14-12-24)20(29)17(7-8-18(27)30-2)19(28)22-15-3-5-16(6-4-15)26-10-9-21-23-26/h3-6,9-10,17H,7-8,11-14H2,1-2H3,(H,22,28)/t17-/m0/s1. The van der Waals surface area contributed by atoms with E-state index in [1.165, 1.54) is 7.11 Å². The van der Waals surface area contributed by atoms with Crippen molar-refractivity contribution < 1.29 is 19.1 Å². The van der Waals surface area contributed by atoms with Crippen LogP contribution in [0.3, 0.4) is 0 Å². The normalized spacial score (nSPS) is 15.5. The van der Waals surface area contributed by atoms with Crippen molar-refractivity contribution in [2.75, 3.05) is 45.7 Å². The summed E-state index contributed by atoms with van der Waals surface area (Å²) in [5.41, 5.74) is 1.35. The molecule has 1 fully saturated rings. The van der Waals surface area contributed by atoms with Gasteiger partial charge in [0.25, 0.3) is 0 Å². The lowest BCUT2D eigenvalue weighted by atomic mass is 9.99. The Labute approximate surface area is 174 Å². The molecule has 1 aliphatic rings. The maximum absolute atomic E-state index is 13.0. The molecule has 1 aliphatic heterocycles. The zero-order valence-corrected chi connectivity index (χ0v) is 17.2. The second-order valence-corrected chi connectivity index (χ2v) is 7.18. The molecule has 1 aromatic carbocycles. The van der Waals surface area contributed by atoms with Gasteiger partial charge in [0.2, 0.25) is 11.8 Å². The zero-order valence-electron chi connectivity index (χ0n) is 17.2. The van der Waals surface area contributed by atoms with Crippen molar-refractivity contribution in [1.29, 1.82) is 0 Å². The Kier molecular flexibility index (Phi) is 7.12. The Bertz CT molecular complexity index is 860. The van der Waals surface area contributed by atoms with Gasteiger partial charge in [-0.05, 0) is 37.7 Å². The number of carbonyl (C=O) groups is 3. The first-order chi connectivity index (χ1) is 14.5. The van der Waals surface area contributed by atoms with Gasteiger partial charge >= 0.3 is 5.97 Å². The molecule has 2 aromatic rings. The van der Waals surface area contributed by atoms with Crippen LogP contribution in [-0.4, -0.2) is 82.9 Å². The van der Waals surface area contributed by atoms with Crippen molar-refractivity contribution >= 4 is 23.5 Å². The molecule has 3 rings (SSSR count). The Morgan fingerprint density at radius 1 is 1.13 bits per heavy atom. The number of aromatic nitrogens is 3. The molecule has 0 spiro atoms. The Morgan fingerprint density at radius 2 is 1.83 bits per heavy atom. The van der Waals surface area contributed by atoms with Gasteiger partial charge in [-0.2, -0.15) is 0 Å². The molecule has 1 N–H and O–H groups in total. The summed E-state index contributed by atoms with van der Waals surface area (Å²) < 4.78 is 6.27. The first-order valence-corrected chi connectivity index (χ1v) is 9.79. The van der Waals surface area contributed by atoms with Gasteiger partial charge in [-0.1, -0.05) is 5.21 Å². The van der Waals surface area contributed by atoms with Gasteiger partial charge in [-0.15, -0.1) is 5.10 Å². The smallest absolute Gasteiger partial charge is 0.305 e. The van der Waals surface area contributed by atoms with Crippen LogP contribution in [-0.2, 0) is 19.1 Å². The fourth-order valence-corrected chi connectivity index (χ4v) is 3.25. The fraction of sp³-hybridized carbons (Fsp3) is 0.450. The molecule has 1 aromatic heterocycles. The molecule has 2 heterocycles. The minimum atomic E-state index is -0.956. The number of anilines is 1. The number of ether oxygens (including phenoxy) is 1. The quantitative estimate of drug-likeness (QED) is 0.520. The van der Waals surface area contributed by atoms with Gasteiger partial charge in [0.1, 0.15) is 5.92 Å². The van der Waals surface area contributed by atoms with E-state index in [9.17, 15) is 14.4 Å². The van der Waals surface area contributed by atoms with E-state index in [2.05, 4.69) is 25.3 Å². The van der Waals surface area contributed by atoms with Gasteiger partial charge in [-0.3, -0.25) is 14.4 Å². The molecule has 0 unspecified atom stereocenters. The van der Waals surface area contributed by atoms with E-state index in [4.69, 9.17) is 0 Å². The number of carbonyl (C=O) groups excluding carboxylic acids is 3. The Morgan fingerprint density at radius 3 is 2.43 bits per heavy atom. The first-order valence-electron chi connectivity index (χ1n) is 9.79. The number of esters is 1. The summed E-state index contributed by atoms with van der Waals surface area (Å²) in [4.78, 5) is 41.4. The van der Waals surface area contributed by atoms with E-state index in [1.54, 1.807) is 46.2 Å². The molecule has 1 atom stereocenters. The number of likely N-dealkylation sites (N-methyl/N-ethyl adjacent to an activating group) is 1. The number of piperazine rings is 1. The van der Waals surface area contributed by atoms with E-state index in [1.807, 2.05) is 7.05 Å². The molecule has 10 heteroatoms. The monoisotopic (exact) mass is 414 g/mol. The lowest BCUT2D eigenvalue weighted by Crippen LogP contribution is -2.50. The molecule has 160 valence electrons. The van der Waals surface area contributed by atoms with Crippen molar-refractivity contribution in [2.24, 2.45) is 5.92 Å². The number of amides is 2. The number of hydrogen-bond acceptors (Lipinski definition) is 7. The summed E-state index contributed by atoms with van der Waals surface area (Å²) in [6.45, 7) is 2.62. The zero-order chi connectivity index (χ0) is 21.5. The van der Waals surface area contributed by atoms with Crippen LogP contribution < -0.4 is 5.32 Å². The highest BCUT2D eigenvalue weighted by Gasteiger charge is 2.32. The molecular formula is C20H26N6O4. The summed E-state index contributed by atoms with van der Waals surface area (Å²) >= 11 is 0. The number of nitrogens with one attached hydrogen (secondary N) is 1. The van der Waals surface area contributed by atoms with Crippen molar-refractivity contribution in [3.05, 3.63) is 36.7 Å². The number of rotatable bonds is 7. The van der Waals surface area contributed by atoms with Crippen molar-refractivity contribution in [3.63, 3.8) is 0 Å². The van der Waals surface area contributed by atoms with E-state index in [-0.39, 0.29) is 18.7 Å². The van der Waals surface area contributed by atoms with Crippen LogP contribution in [0.25, 0.3) is 5.69 Å². The van der Waals surface area contributed by atoms with E-state index >= 15 is 0 Å². The average molecular weight is 414 g/mol. The van der Waals surface area contributed by atoms with Gasteiger partial charge < -0.3 is 19.9 Å². The molecular weight excluding hydrogens is 388 g/mol. The molecule has 0 saturated carbocycles. The molecule has 0 bridgehead atoms. The molecule has 30 heavy (non-hydrogen) atoms. The summed E-state index contributed by atoms with van der Waals surface area (Å²) in [5, 5.41) is 10.5. The minimum absolute atomic E-state index is 0.000688. The van der Waals surface area contributed by atoms with Gasteiger partial charge in [-0.25, -0.2) is 4.68 Å². The average Bonchev–Trinajstić information content (AvgIpc) is 3.29. The van der Waals surface area contributed by atoms with E-state index < -0.39 is 17.8 Å². The highest BCUT2D eigenvalue weighted by atomic mass is 16.5. The second kappa shape index (κ2) is 9.97. The fourth-order valence-electron chi connectivity index (χ4n) is 3.25. The van der Waals surface area contributed by atoms with E-state index in [0.717, 1.165) is 18.8 Å². The van der Waals surface area contributed by atoms with Crippen LogP contribution in [0.2, 0.25) is 0 Å². The maximum Gasteiger partial charge on any atom is 0.305 e. The van der Waals surface area contributed by atoms with Crippen LogP contribution in [0, 0.1) is 5.92 Å². The molecule has 10 nitrogen and oxygen atoms in total. The van der Waals surface area contributed by atoms with Crippen molar-refractivity contribution in [2.45, 2.75) is 12.8 Å². The van der Waals surface area contributed by atoms with Gasteiger partial charge in [0.15, 0.2) is 0 Å². The third kappa shape index (κ3) is 5.41. The largest absolute Gasteiger partial charge is 0.469 e. The third-order valence-corrected chi connectivity index (χ3v) is 5.12. The number of benzene rings is 1. The summed E-state index contributed by atoms with van der Waals surface area (Å²) in [6.07, 6.45) is 3.39. The van der Waals surface area contributed by atoms with Crippen LogP contribution in [0.5, 0.6) is 0 Å². The Hall–Kier alpha value is -3.27. The molecule has 1 saturated heterocycles. The van der Waals surface area contributed by atoms with Crippen molar-refractivity contribution in [1.82, 2.24) is 24.8 Å². The van der Waals surface area contributed by atoms with Crippen LogP contribution in [0.4, 0.5) is 5.69 Å². The molecule has 0 radical (unpaired) electrons. The number of methoxy groups -OCH3 is 1. The summed E-state index contributed by atoms with van der Waals surface area (Å²) in [5.74, 6) is -2.10. The third-order valence-electron chi connectivity index (χ3n) is 5.12. The van der Waals surface area contributed by atoms with Crippen LogP contribution >= 0.6 is 0 Å². The predicted molar refractivity (Wildman–Crippen MR) is 109 cm³/mol. The second-order valence-electron chi connectivity index (χ2n) is 7.18. The van der Waals surface area contributed by atoms with Crippen molar-refractivity contribution in [3.8, 4) is 5.69 Å². The topological polar surface area (TPSA) is 110 Å². The van der Waals surface area contributed by atoms with E-state index in [0.29, 0.717) is 18.8 Å². The lowest BCUT2D eigenvalue weighted by Gasteiger charge is -2.34. The SMILES string of the molecule is COC(=O)CC[C@@H](C(=O)Nc1ccc(-n2ccnn2)cc1)C(=O)N1CCN(C)CC1. The highest BCUT2D eigenvalue weighted by molar-refractivity contribution is 6.06. The summed E-state index contributed by atoms with van der Waals surface area (Å²) in [7, 11) is 3.28. The van der Waals surface area contributed by atoms with Crippen LogP contribution in [0.15, 0.2) is 36.7 Å². The summed E-state index contributed by atoms with van der Waals surface area (Å²) in [6, 6.07) is 7.03. The molecule has 2 amide bonds. The van der Waals surface area contributed by atoms with Gasteiger partial charge in [0.05, 0.1) is 25.2 Å². The predicted octanol–water partition coefficient (Wildman–Crippen LogP) is 0.549. The van der Waals surface area contributed by atoms with Crippen LogP contribution in [0.1, 0.15) is 12.8 Å². The highest BCUT2D eigenvalue weighted by Crippen LogP contribution is 2.18.